The van der Waals surface area contributed by atoms with Crippen molar-refractivity contribution in [2.24, 2.45) is 0 Å². The monoisotopic (exact) mass is 168 g/mol. The van der Waals surface area contributed by atoms with Crippen LogP contribution in [0.2, 0.25) is 0 Å². The molecule has 0 unspecified atom stereocenters. The van der Waals surface area contributed by atoms with Gasteiger partial charge in [-0.2, -0.15) is 0 Å². The molecule has 0 heteroatoms. The van der Waals surface area contributed by atoms with Crippen LogP contribution in [-0.2, 0) is 0 Å². The van der Waals surface area contributed by atoms with Crippen LogP contribution in [0.1, 0.15) is 54.4 Å². The lowest BCUT2D eigenvalue weighted by Crippen LogP contribution is -1.74. The van der Waals surface area contributed by atoms with Crippen molar-refractivity contribution < 1.29 is 0 Å². The number of unbranched alkanes of at least 4 members (excludes halogenated alkanes) is 1. The minimum Gasteiger partial charge on any atom is -0.0776 e. The molecule has 0 aromatic rings. The summed E-state index contributed by atoms with van der Waals surface area (Å²) in [4.78, 5) is 0. The average Bonchev–Trinajstić information content (AvgIpc) is 2.31. The Morgan fingerprint density at radius 3 is 2.42 bits per heavy atom. The van der Waals surface area contributed by atoms with Crippen LogP contribution in [0.15, 0.2) is 23.3 Å². The Kier molecular flexibility index (Phi) is 8.36. The van der Waals surface area contributed by atoms with Crippen LogP contribution in [0.5, 0.6) is 0 Å². The molecule has 0 nitrogen and oxygen atoms in total. The zero-order valence-corrected chi connectivity index (χ0v) is 6.98. The Labute approximate surface area is 78.4 Å². The summed E-state index contributed by atoms with van der Waals surface area (Å²) in [6.07, 6.45) is 9.81. The molecular formula is C12H24. The molecule has 0 fully saturated rings. The first-order chi connectivity index (χ1) is 4.83. The third-order valence-electron chi connectivity index (χ3n) is 1.94. The van der Waals surface area contributed by atoms with E-state index in [0.717, 1.165) is 0 Å². The maximum absolute atomic E-state index is 2.35. The molecule has 1 aliphatic rings. The maximum Gasteiger partial charge on any atom is -0.0133 e. The summed E-state index contributed by atoms with van der Waals surface area (Å²) in [5, 5.41) is 0. The molecule has 0 atom stereocenters. The molecule has 0 heterocycles. The Morgan fingerprint density at radius 1 is 1.33 bits per heavy atom. The lowest BCUT2D eigenvalue weighted by molar-refractivity contribution is 0.798. The Hall–Kier alpha value is -0.520. The molecule has 1 rings (SSSR count). The molecule has 0 bridgehead atoms. The summed E-state index contributed by atoms with van der Waals surface area (Å²) in [5.74, 6) is 0. The fraction of sp³-hybridized carbons (Fsp3) is 0.667. The van der Waals surface area contributed by atoms with Crippen molar-refractivity contribution in [1.82, 2.24) is 0 Å². The molecule has 0 aliphatic heterocycles. The molecule has 1 aliphatic carbocycles. The van der Waals surface area contributed by atoms with Gasteiger partial charge in [-0.1, -0.05) is 51.5 Å². The summed E-state index contributed by atoms with van der Waals surface area (Å²) in [6.45, 7) is 4.45. The molecule has 0 aromatic heterocycles. The SMILES string of the molecule is C.C.CCCCC1=CCC(C)=C1. The molecule has 12 heavy (non-hydrogen) atoms. The zero-order valence-electron chi connectivity index (χ0n) is 6.98. The lowest BCUT2D eigenvalue weighted by atomic mass is 10.1. The van der Waals surface area contributed by atoms with Crippen molar-refractivity contribution in [3.05, 3.63) is 23.3 Å². The van der Waals surface area contributed by atoms with Gasteiger partial charge in [0.05, 0.1) is 0 Å². The van der Waals surface area contributed by atoms with E-state index in [4.69, 9.17) is 0 Å². The number of rotatable bonds is 3. The summed E-state index contributed by atoms with van der Waals surface area (Å²) < 4.78 is 0. The minimum atomic E-state index is 0. The number of hydrogen-bond donors (Lipinski definition) is 0. The average molecular weight is 168 g/mol. The molecule has 0 N–H and O–H groups in total. The van der Waals surface area contributed by atoms with Gasteiger partial charge in [-0.25, -0.2) is 0 Å². The van der Waals surface area contributed by atoms with E-state index < -0.39 is 0 Å². The van der Waals surface area contributed by atoms with E-state index in [1.54, 1.807) is 5.57 Å². The van der Waals surface area contributed by atoms with Gasteiger partial charge < -0.3 is 0 Å². The highest BCUT2D eigenvalue weighted by Gasteiger charge is 2.00. The van der Waals surface area contributed by atoms with Gasteiger partial charge in [0, 0.05) is 0 Å². The first-order valence-corrected chi connectivity index (χ1v) is 4.19. The van der Waals surface area contributed by atoms with Crippen molar-refractivity contribution in [1.29, 1.82) is 0 Å². The zero-order chi connectivity index (χ0) is 7.40. The van der Waals surface area contributed by atoms with Crippen LogP contribution in [0.4, 0.5) is 0 Å². The lowest BCUT2D eigenvalue weighted by Gasteiger charge is -1.94. The summed E-state index contributed by atoms with van der Waals surface area (Å²) >= 11 is 0. The van der Waals surface area contributed by atoms with Crippen LogP contribution in [0.3, 0.4) is 0 Å². The summed E-state index contributed by atoms with van der Waals surface area (Å²) in [5.41, 5.74) is 3.07. The normalized spacial score (nSPS) is 14.2. The highest BCUT2D eigenvalue weighted by atomic mass is 14.1. The Morgan fingerprint density at radius 2 is 2.00 bits per heavy atom. The van der Waals surface area contributed by atoms with Gasteiger partial charge in [0.1, 0.15) is 0 Å². The van der Waals surface area contributed by atoms with E-state index in [2.05, 4.69) is 26.0 Å². The molecule has 0 saturated carbocycles. The van der Waals surface area contributed by atoms with E-state index in [1.807, 2.05) is 0 Å². The van der Waals surface area contributed by atoms with Crippen LogP contribution in [0, 0.1) is 0 Å². The number of hydrogen-bond acceptors (Lipinski definition) is 0. The van der Waals surface area contributed by atoms with Crippen LogP contribution >= 0.6 is 0 Å². The van der Waals surface area contributed by atoms with Gasteiger partial charge in [0.15, 0.2) is 0 Å². The van der Waals surface area contributed by atoms with Crippen molar-refractivity contribution in [3.8, 4) is 0 Å². The third kappa shape index (κ3) is 4.38. The molecule has 0 aromatic carbocycles. The molecule has 0 amide bonds. The van der Waals surface area contributed by atoms with E-state index >= 15 is 0 Å². The molecule has 0 radical (unpaired) electrons. The van der Waals surface area contributed by atoms with Crippen LogP contribution in [-0.4, -0.2) is 0 Å². The minimum absolute atomic E-state index is 0. The van der Waals surface area contributed by atoms with Crippen molar-refractivity contribution in [3.63, 3.8) is 0 Å². The van der Waals surface area contributed by atoms with Gasteiger partial charge in [-0.05, 0) is 26.2 Å². The van der Waals surface area contributed by atoms with Crippen molar-refractivity contribution >= 4 is 0 Å². The topological polar surface area (TPSA) is 0 Å². The first kappa shape index (κ1) is 14.0. The maximum atomic E-state index is 2.35. The van der Waals surface area contributed by atoms with Gasteiger partial charge in [-0.15, -0.1) is 0 Å². The number of allylic oxidation sites excluding steroid dienone is 4. The van der Waals surface area contributed by atoms with Crippen molar-refractivity contribution in [2.75, 3.05) is 0 Å². The largest absolute Gasteiger partial charge is 0.0776 e. The summed E-state index contributed by atoms with van der Waals surface area (Å²) in [6, 6.07) is 0. The van der Waals surface area contributed by atoms with E-state index in [9.17, 15) is 0 Å². The van der Waals surface area contributed by atoms with E-state index in [0.29, 0.717) is 0 Å². The second kappa shape index (κ2) is 7.15. The first-order valence-electron chi connectivity index (χ1n) is 4.19. The molecular weight excluding hydrogens is 144 g/mol. The second-order valence-corrected chi connectivity index (χ2v) is 3.08. The molecule has 0 spiro atoms. The van der Waals surface area contributed by atoms with Gasteiger partial charge in [-0.3, -0.25) is 0 Å². The van der Waals surface area contributed by atoms with Crippen molar-refractivity contribution in [2.45, 2.75) is 54.4 Å². The predicted octanol–water partition coefficient (Wildman–Crippen LogP) is 4.73. The fourth-order valence-electron chi connectivity index (χ4n) is 1.28. The van der Waals surface area contributed by atoms with Gasteiger partial charge >= 0.3 is 0 Å². The fourth-order valence-corrected chi connectivity index (χ4v) is 1.28. The Balaban J connectivity index is 0. The quantitative estimate of drug-likeness (QED) is 0.571. The van der Waals surface area contributed by atoms with Crippen LogP contribution < -0.4 is 0 Å². The van der Waals surface area contributed by atoms with E-state index in [1.165, 1.54) is 31.3 Å². The Bertz CT molecular complexity index is 161. The molecule has 72 valence electrons. The second-order valence-electron chi connectivity index (χ2n) is 3.08. The predicted molar refractivity (Wildman–Crippen MR) is 59.4 cm³/mol. The van der Waals surface area contributed by atoms with E-state index in [-0.39, 0.29) is 14.9 Å². The highest BCUT2D eigenvalue weighted by molar-refractivity contribution is 5.31. The van der Waals surface area contributed by atoms with Gasteiger partial charge in [0.2, 0.25) is 0 Å². The van der Waals surface area contributed by atoms with Crippen LogP contribution in [0.25, 0.3) is 0 Å². The third-order valence-corrected chi connectivity index (χ3v) is 1.94. The summed E-state index contributed by atoms with van der Waals surface area (Å²) in [7, 11) is 0. The van der Waals surface area contributed by atoms with Gasteiger partial charge in [0.25, 0.3) is 0 Å². The molecule has 0 saturated heterocycles. The standard InChI is InChI=1S/C10H16.2CH4/c1-3-4-5-10-7-6-9(2)8-10;;/h7-8H,3-6H2,1-2H3;2*1H4. The smallest absolute Gasteiger partial charge is 0.0133 e. The highest BCUT2D eigenvalue weighted by Crippen LogP contribution is 2.20.